The minimum atomic E-state index is -1.07. The van der Waals surface area contributed by atoms with E-state index in [2.05, 4.69) is 10.2 Å². The van der Waals surface area contributed by atoms with Crippen LogP contribution in [0.2, 0.25) is 0 Å². The van der Waals surface area contributed by atoms with Crippen molar-refractivity contribution in [2.24, 2.45) is 0 Å². The van der Waals surface area contributed by atoms with Crippen molar-refractivity contribution in [3.05, 3.63) is 30.1 Å². The largest absolute Gasteiger partial charge is 0.492 e. The maximum atomic E-state index is 12.9. The maximum absolute atomic E-state index is 12.9. The number of benzene rings is 1. The predicted octanol–water partition coefficient (Wildman–Crippen LogP) is 1.39. The lowest BCUT2D eigenvalue weighted by Gasteiger charge is -2.42. The van der Waals surface area contributed by atoms with E-state index < -0.39 is 6.09 Å². The molecule has 1 fully saturated rings. The van der Waals surface area contributed by atoms with Gasteiger partial charge in [0, 0.05) is 19.1 Å². The molecule has 25 heavy (non-hydrogen) atoms. The number of nitrogens with zero attached hydrogens (tertiary/aromatic N) is 2. The fourth-order valence-corrected chi connectivity index (χ4v) is 3.12. The molecule has 1 aliphatic heterocycles. The van der Waals surface area contributed by atoms with Crippen LogP contribution in [0.3, 0.4) is 0 Å². The Labute approximate surface area is 146 Å². The van der Waals surface area contributed by atoms with Gasteiger partial charge in [-0.15, -0.1) is 0 Å². The Bertz CT molecular complexity index is 570. The first kappa shape index (κ1) is 19.1. The molecule has 1 heterocycles. The summed E-state index contributed by atoms with van der Waals surface area (Å²) in [6.45, 7) is 1.71. The van der Waals surface area contributed by atoms with E-state index in [1.54, 1.807) is 12.1 Å². The van der Waals surface area contributed by atoms with Gasteiger partial charge in [0.1, 0.15) is 24.5 Å². The van der Waals surface area contributed by atoms with Crippen LogP contribution in [-0.2, 0) is 4.79 Å². The van der Waals surface area contributed by atoms with Crippen LogP contribution in [-0.4, -0.2) is 72.8 Å². The maximum Gasteiger partial charge on any atom is 0.407 e. The van der Waals surface area contributed by atoms with Crippen molar-refractivity contribution in [2.75, 3.05) is 33.3 Å². The summed E-state index contributed by atoms with van der Waals surface area (Å²) in [6, 6.07) is 5.69. The van der Waals surface area contributed by atoms with Gasteiger partial charge in [0.05, 0.1) is 12.7 Å². The predicted molar refractivity (Wildman–Crippen MR) is 90.1 cm³/mol. The molecule has 0 aromatic heterocycles. The zero-order valence-electron chi connectivity index (χ0n) is 14.2. The van der Waals surface area contributed by atoms with E-state index in [-0.39, 0.29) is 24.6 Å². The smallest absolute Gasteiger partial charge is 0.407 e. The van der Waals surface area contributed by atoms with Crippen molar-refractivity contribution in [2.45, 2.75) is 25.0 Å². The zero-order chi connectivity index (χ0) is 18.2. The third-order valence-corrected chi connectivity index (χ3v) is 4.44. The molecule has 1 amide bonds. The second-order valence-corrected chi connectivity index (χ2v) is 5.92. The highest BCUT2D eigenvalue weighted by atomic mass is 19.1. The molecule has 2 unspecified atom stereocenters. The molecule has 1 saturated heterocycles. The van der Waals surface area contributed by atoms with Crippen LogP contribution >= 0.6 is 0 Å². The Hall–Kier alpha value is -2.19. The van der Waals surface area contributed by atoms with Crippen LogP contribution < -0.4 is 10.1 Å². The van der Waals surface area contributed by atoms with Gasteiger partial charge in [0.2, 0.25) is 0 Å². The summed E-state index contributed by atoms with van der Waals surface area (Å²) in [7, 11) is 1.83. The minimum absolute atomic E-state index is 0.00377. The second kappa shape index (κ2) is 9.33. The van der Waals surface area contributed by atoms with E-state index in [9.17, 15) is 19.1 Å². The first-order valence-electron chi connectivity index (χ1n) is 8.28. The third kappa shape index (κ3) is 5.40. The van der Waals surface area contributed by atoms with Crippen molar-refractivity contribution < 1.29 is 23.8 Å². The molecule has 0 saturated carbocycles. The van der Waals surface area contributed by atoms with Crippen molar-refractivity contribution in [3.8, 4) is 5.75 Å². The Balaban J connectivity index is 1.85. The number of nitrogens with one attached hydrogen (secondary N) is 1. The lowest BCUT2D eigenvalue weighted by Crippen LogP contribution is -2.56. The fourth-order valence-electron chi connectivity index (χ4n) is 3.12. The number of hydrogen-bond donors (Lipinski definition) is 2. The van der Waals surface area contributed by atoms with Gasteiger partial charge >= 0.3 is 6.09 Å². The summed E-state index contributed by atoms with van der Waals surface area (Å²) in [5.41, 5.74) is 0. The standard InChI is InChI=1S/C17H24FN3O4/c1-19-16-12-14(21(8-10-22)17(23)24)6-7-20(16)9-11-25-15-4-2-13(18)3-5-15/h2-5,10,14,16,19H,6-9,11-12H2,1H3,(H,23,24). The minimum Gasteiger partial charge on any atom is -0.492 e. The van der Waals surface area contributed by atoms with Crippen LogP contribution in [0, 0.1) is 5.82 Å². The highest BCUT2D eigenvalue weighted by Crippen LogP contribution is 2.21. The molecule has 0 spiro atoms. The number of rotatable bonds is 8. The van der Waals surface area contributed by atoms with Crippen molar-refractivity contribution in [1.29, 1.82) is 0 Å². The molecule has 8 heteroatoms. The summed E-state index contributed by atoms with van der Waals surface area (Å²) >= 11 is 0. The van der Waals surface area contributed by atoms with Gasteiger partial charge in [-0.05, 0) is 44.2 Å². The molecule has 2 N–H and O–H groups in total. The summed E-state index contributed by atoms with van der Waals surface area (Å²) in [4.78, 5) is 25.4. The van der Waals surface area contributed by atoms with Gasteiger partial charge in [-0.1, -0.05) is 0 Å². The number of carbonyl (C=O) groups excluding carboxylic acids is 1. The van der Waals surface area contributed by atoms with E-state index in [1.807, 2.05) is 7.05 Å². The number of amides is 1. The molecule has 2 atom stereocenters. The van der Waals surface area contributed by atoms with Gasteiger partial charge in [-0.2, -0.15) is 0 Å². The Morgan fingerprint density at radius 2 is 2.20 bits per heavy atom. The lowest BCUT2D eigenvalue weighted by molar-refractivity contribution is -0.109. The van der Waals surface area contributed by atoms with E-state index in [4.69, 9.17) is 4.74 Å². The average Bonchev–Trinajstić information content (AvgIpc) is 2.61. The summed E-state index contributed by atoms with van der Waals surface area (Å²) < 4.78 is 18.5. The number of likely N-dealkylation sites (tertiary alicyclic amines) is 1. The summed E-state index contributed by atoms with van der Waals surface area (Å²) in [6.07, 6.45) is 0.817. The van der Waals surface area contributed by atoms with Gasteiger partial charge < -0.3 is 20.0 Å². The third-order valence-electron chi connectivity index (χ3n) is 4.44. The Morgan fingerprint density at radius 3 is 2.80 bits per heavy atom. The number of carboxylic acid groups (broad SMARTS) is 1. The summed E-state index contributed by atoms with van der Waals surface area (Å²) in [5.74, 6) is 0.309. The lowest BCUT2D eigenvalue weighted by atomic mass is 10.0. The fraction of sp³-hybridized carbons (Fsp3) is 0.529. The number of aldehydes is 1. The average molecular weight is 353 g/mol. The van der Waals surface area contributed by atoms with Crippen molar-refractivity contribution in [3.63, 3.8) is 0 Å². The molecule has 138 valence electrons. The number of hydrogen-bond acceptors (Lipinski definition) is 5. The number of piperidine rings is 1. The van der Waals surface area contributed by atoms with Crippen LogP contribution in [0.5, 0.6) is 5.75 Å². The molecule has 0 aliphatic carbocycles. The second-order valence-electron chi connectivity index (χ2n) is 5.92. The van der Waals surface area contributed by atoms with Crippen LogP contribution in [0.15, 0.2) is 24.3 Å². The highest BCUT2D eigenvalue weighted by Gasteiger charge is 2.32. The van der Waals surface area contributed by atoms with Gasteiger partial charge in [-0.3, -0.25) is 9.80 Å². The van der Waals surface area contributed by atoms with E-state index >= 15 is 0 Å². The quantitative estimate of drug-likeness (QED) is 0.688. The van der Waals surface area contributed by atoms with Crippen LogP contribution in [0.1, 0.15) is 12.8 Å². The highest BCUT2D eigenvalue weighted by molar-refractivity contribution is 5.69. The molecule has 1 aromatic rings. The van der Waals surface area contributed by atoms with Gasteiger partial charge in [-0.25, -0.2) is 9.18 Å². The van der Waals surface area contributed by atoms with Crippen LogP contribution in [0.4, 0.5) is 9.18 Å². The van der Waals surface area contributed by atoms with Gasteiger partial charge in [0.15, 0.2) is 0 Å². The monoisotopic (exact) mass is 353 g/mol. The van der Waals surface area contributed by atoms with E-state index in [0.717, 1.165) is 0 Å². The molecular weight excluding hydrogens is 329 g/mol. The molecule has 1 aromatic carbocycles. The first-order valence-corrected chi connectivity index (χ1v) is 8.28. The van der Waals surface area contributed by atoms with Crippen molar-refractivity contribution in [1.82, 2.24) is 15.1 Å². The molecular formula is C17H24FN3O4. The molecule has 1 aliphatic rings. The van der Waals surface area contributed by atoms with Crippen LogP contribution in [0.25, 0.3) is 0 Å². The molecule has 0 bridgehead atoms. The Morgan fingerprint density at radius 1 is 1.48 bits per heavy atom. The Kier molecular flexibility index (Phi) is 7.15. The van der Waals surface area contributed by atoms with E-state index in [1.165, 1.54) is 17.0 Å². The van der Waals surface area contributed by atoms with E-state index in [0.29, 0.717) is 44.6 Å². The molecule has 7 nitrogen and oxygen atoms in total. The first-order chi connectivity index (χ1) is 12.0. The number of ether oxygens (including phenoxy) is 1. The SMILES string of the molecule is CNC1CC(N(CC=O)C(=O)O)CCN1CCOc1ccc(F)cc1. The molecule has 0 radical (unpaired) electrons. The number of carbonyl (C=O) groups is 2. The zero-order valence-corrected chi connectivity index (χ0v) is 14.2. The van der Waals surface area contributed by atoms with Crippen molar-refractivity contribution >= 4 is 12.4 Å². The van der Waals surface area contributed by atoms with Gasteiger partial charge in [0.25, 0.3) is 0 Å². The summed E-state index contributed by atoms with van der Waals surface area (Å²) in [5, 5.41) is 12.4. The topological polar surface area (TPSA) is 82.1 Å². The normalized spacial score (nSPS) is 20.9. The number of halogens is 1. The molecule has 2 rings (SSSR count).